The summed E-state index contributed by atoms with van der Waals surface area (Å²) >= 11 is 6.12. The fourth-order valence-electron chi connectivity index (χ4n) is 2.17. The Morgan fingerprint density at radius 2 is 1.75 bits per heavy atom. The van der Waals surface area contributed by atoms with E-state index >= 15 is 0 Å². The molecule has 2 aromatic rings. The molecule has 0 atom stereocenters. The second-order valence-corrected chi connectivity index (χ2v) is 5.04. The molecule has 3 rings (SSSR count). The molecule has 0 saturated heterocycles. The molecule has 0 aromatic heterocycles. The SMILES string of the molecule is O=C1CC(c2ccccc2)=NN1Cc1ccccc1Cl. The van der Waals surface area contributed by atoms with Crippen molar-refractivity contribution in [2.45, 2.75) is 13.0 Å². The van der Waals surface area contributed by atoms with Crippen LogP contribution in [0.4, 0.5) is 0 Å². The molecule has 0 spiro atoms. The van der Waals surface area contributed by atoms with E-state index in [2.05, 4.69) is 5.10 Å². The van der Waals surface area contributed by atoms with E-state index in [0.29, 0.717) is 18.0 Å². The zero-order valence-corrected chi connectivity index (χ0v) is 11.5. The van der Waals surface area contributed by atoms with E-state index < -0.39 is 0 Å². The molecule has 0 radical (unpaired) electrons. The van der Waals surface area contributed by atoms with Crippen LogP contribution in [0.1, 0.15) is 17.5 Å². The summed E-state index contributed by atoms with van der Waals surface area (Å²) < 4.78 is 0. The van der Waals surface area contributed by atoms with Crippen molar-refractivity contribution in [3.8, 4) is 0 Å². The summed E-state index contributed by atoms with van der Waals surface area (Å²) in [5.41, 5.74) is 2.70. The summed E-state index contributed by atoms with van der Waals surface area (Å²) in [7, 11) is 0. The highest BCUT2D eigenvalue weighted by Crippen LogP contribution is 2.21. The Labute approximate surface area is 122 Å². The maximum Gasteiger partial charge on any atom is 0.249 e. The topological polar surface area (TPSA) is 32.7 Å². The molecule has 0 aliphatic carbocycles. The number of hydrazone groups is 1. The van der Waals surface area contributed by atoms with Crippen LogP contribution in [0.2, 0.25) is 5.02 Å². The zero-order chi connectivity index (χ0) is 13.9. The van der Waals surface area contributed by atoms with E-state index in [-0.39, 0.29) is 5.91 Å². The van der Waals surface area contributed by atoms with Crippen LogP contribution in [-0.4, -0.2) is 16.6 Å². The first kappa shape index (κ1) is 12.9. The van der Waals surface area contributed by atoms with Crippen molar-refractivity contribution in [2.75, 3.05) is 0 Å². The van der Waals surface area contributed by atoms with Gasteiger partial charge in [0, 0.05) is 5.02 Å². The molecule has 0 unspecified atom stereocenters. The molecule has 0 saturated carbocycles. The molecular formula is C16H13ClN2O. The largest absolute Gasteiger partial charge is 0.272 e. The molecule has 1 aliphatic rings. The molecule has 4 heteroatoms. The molecule has 20 heavy (non-hydrogen) atoms. The third-order valence-corrected chi connectivity index (χ3v) is 3.60. The minimum absolute atomic E-state index is 0.00349. The summed E-state index contributed by atoms with van der Waals surface area (Å²) in [6, 6.07) is 17.3. The maximum atomic E-state index is 12.0. The van der Waals surface area contributed by atoms with E-state index in [1.165, 1.54) is 5.01 Å². The van der Waals surface area contributed by atoms with E-state index in [4.69, 9.17) is 11.6 Å². The first-order valence-corrected chi connectivity index (χ1v) is 6.78. The quantitative estimate of drug-likeness (QED) is 0.849. The lowest BCUT2D eigenvalue weighted by Gasteiger charge is -2.12. The molecule has 3 nitrogen and oxygen atoms in total. The first-order chi connectivity index (χ1) is 9.74. The van der Waals surface area contributed by atoms with E-state index in [0.717, 1.165) is 16.8 Å². The Bertz CT molecular complexity index is 667. The molecule has 2 aromatic carbocycles. The molecule has 0 N–H and O–H groups in total. The third-order valence-electron chi connectivity index (χ3n) is 3.23. The predicted octanol–water partition coefficient (Wildman–Crippen LogP) is 3.48. The van der Waals surface area contributed by atoms with Crippen molar-refractivity contribution in [3.63, 3.8) is 0 Å². The van der Waals surface area contributed by atoms with Crippen molar-refractivity contribution in [1.29, 1.82) is 0 Å². The van der Waals surface area contributed by atoms with E-state index in [9.17, 15) is 4.79 Å². The zero-order valence-electron chi connectivity index (χ0n) is 10.8. The van der Waals surface area contributed by atoms with Crippen LogP contribution in [0, 0.1) is 0 Å². The van der Waals surface area contributed by atoms with Gasteiger partial charge in [-0.2, -0.15) is 5.10 Å². The maximum absolute atomic E-state index is 12.0. The second kappa shape index (κ2) is 5.47. The van der Waals surface area contributed by atoms with Gasteiger partial charge in [0.05, 0.1) is 18.7 Å². The summed E-state index contributed by atoms with van der Waals surface area (Å²) in [4.78, 5) is 12.0. The van der Waals surface area contributed by atoms with Gasteiger partial charge >= 0.3 is 0 Å². The smallest absolute Gasteiger partial charge is 0.249 e. The van der Waals surface area contributed by atoms with Gasteiger partial charge in [-0.25, -0.2) is 5.01 Å². The van der Waals surface area contributed by atoms with Crippen molar-refractivity contribution in [3.05, 3.63) is 70.7 Å². The summed E-state index contributed by atoms with van der Waals surface area (Å²) in [6.07, 6.45) is 0.342. The third kappa shape index (κ3) is 2.58. The average Bonchev–Trinajstić information content (AvgIpc) is 2.84. The number of nitrogens with zero attached hydrogens (tertiary/aromatic N) is 2. The lowest BCUT2D eigenvalue weighted by atomic mass is 10.1. The fraction of sp³-hybridized carbons (Fsp3) is 0.125. The first-order valence-electron chi connectivity index (χ1n) is 6.41. The van der Waals surface area contributed by atoms with Gasteiger partial charge < -0.3 is 0 Å². The number of amides is 1. The van der Waals surface area contributed by atoms with Crippen LogP contribution >= 0.6 is 11.6 Å². The van der Waals surface area contributed by atoms with Crippen molar-refractivity contribution in [1.82, 2.24) is 5.01 Å². The highest BCUT2D eigenvalue weighted by molar-refractivity contribution is 6.31. The van der Waals surface area contributed by atoms with Gasteiger partial charge in [-0.1, -0.05) is 60.1 Å². The van der Waals surface area contributed by atoms with Crippen LogP contribution in [0.3, 0.4) is 0 Å². The molecule has 1 heterocycles. The fourth-order valence-corrected chi connectivity index (χ4v) is 2.37. The summed E-state index contributed by atoms with van der Waals surface area (Å²) in [6.45, 7) is 0.412. The van der Waals surface area contributed by atoms with E-state index in [1.807, 2.05) is 54.6 Å². The lowest BCUT2D eigenvalue weighted by molar-refractivity contribution is -0.129. The molecule has 1 aliphatic heterocycles. The highest BCUT2D eigenvalue weighted by Gasteiger charge is 2.25. The van der Waals surface area contributed by atoms with Crippen molar-refractivity contribution in [2.24, 2.45) is 5.10 Å². The molecular weight excluding hydrogens is 272 g/mol. The van der Waals surface area contributed by atoms with Gasteiger partial charge in [0.15, 0.2) is 0 Å². The normalized spacial score (nSPS) is 14.6. The van der Waals surface area contributed by atoms with Crippen LogP contribution in [0.5, 0.6) is 0 Å². The summed E-state index contributed by atoms with van der Waals surface area (Å²) in [5, 5.41) is 6.56. The van der Waals surface area contributed by atoms with Gasteiger partial charge in [-0.3, -0.25) is 4.79 Å². The number of carbonyl (C=O) groups excluding carboxylic acids is 1. The second-order valence-electron chi connectivity index (χ2n) is 4.63. The standard InChI is InChI=1S/C16H13ClN2O/c17-14-9-5-4-8-13(14)11-19-16(20)10-15(18-19)12-6-2-1-3-7-12/h1-9H,10-11H2. The molecule has 0 fully saturated rings. The highest BCUT2D eigenvalue weighted by atomic mass is 35.5. The van der Waals surface area contributed by atoms with Gasteiger partial charge in [0.25, 0.3) is 0 Å². The average molecular weight is 285 g/mol. The predicted molar refractivity (Wildman–Crippen MR) is 79.6 cm³/mol. The van der Waals surface area contributed by atoms with Gasteiger partial charge in [0.2, 0.25) is 5.91 Å². The number of rotatable bonds is 3. The Hall–Kier alpha value is -2.13. The van der Waals surface area contributed by atoms with Gasteiger partial charge in [-0.05, 0) is 17.2 Å². The Morgan fingerprint density at radius 1 is 1.05 bits per heavy atom. The minimum atomic E-state index is 0.00349. The summed E-state index contributed by atoms with van der Waals surface area (Å²) in [5.74, 6) is 0.00349. The Balaban J connectivity index is 1.83. The van der Waals surface area contributed by atoms with Crippen molar-refractivity contribution < 1.29 is 4.79 Å². The minimum Gasteiger partial charge on any atom is -0.272 e. The van der Waals surface area contributed by atoms with Crippen molar-refractivity contribution >= 4 is 23.2 Å². The number of hydrogen-bond acceptors (Lipinski definition) is 2. The van der Waals surface area contributed by atoms with Crippen LogP contribution in [0.15, 0.2) is 59.7 Å². The number of carbonyl (C=O) groups is 1. The number of benzene rings is 2. The van der Waals surface area contributed by atoms with Crippen LogP contribution < -0.4 is 0 Å². The van der Waals surface area contributed by atoms with Crippen LogP contribution in [0.25, 0.3) is 0 Å². The van der Waals surface area contributed by atoms with E-state index in [1.54, 1.807) is 0 Å². The Morgan fingerprint density at radius 3 is 2.50 bits per heavy atom. The van der Waals surface area contributed by atoms with Gasteiger partial charge in [-0.15, -0.1) is 0 Å². The lowest BCUT2D eigenvalue weighted by Crippen LogP contribution is -2.20. The monoisotopic (exact) mass is 284 g/mol. The Kier molecular flexibility index (Phi) is 3.52. The van der Waals surface area contributed by atoms with Crippen LogP contribution in [-0.2, 0) is 11.3 Å². The molecule has 0 bridgehead atoms. The molecule has 1 amide bonds. The number of hydrogen-bond donors (Lipinski definition) is 0. The molecule has 100 valence electrons. The van der Waals surface area contributed by atoms with Gasteiger partial charge in [0.1, 0.15) is 0 Å². The number of halogens is 1.